The SMILES string of the molecule is CC(C)OC(=O)CCCC=CC[C@@H]1[C@@H](CC[C@H](CCc2ccccc2)OC(=O)C(CO)CO)[C@H](O)C[C@@H]1O. The van der Waals surface area contributed by atoms with Crippen molar-refractivity contribution in [1.82, 2.24) is 0 Å². The van der Waals surface area contributed by atoms with E-state index in [4.69, 9.17) is 9.47 Å². The summed E-state index contributed by atoms with van der Waals surface area (Å²) >= 11 is 0. The first-order valence-corrected chi connectivity index (χ1v) is 13.9. The molecule has 0 aliphatic heterocycles. The van der Waals surface area contributed by atoms with Gasteiger partial charge in [0.25, 0.3) is 0 Å². The number of aryl methyl sites for hydroxylation is 1. The highest BCUT2D eigenvalue weighted by Gasteiger charge is 2.41. The summed E-state index contributed by atoms with van der Waals surface area (Å²) in [4.78, 5) is 24.1. The van der Waals surface area contributed by atoms with Crippen molar-refractivity contribution in [3.05, 3.63) is 48.0 Å². The molecule has 0 aromatic heterocycles. The molecule has 2 rings (SSSR count). The number of rotatable bonds is 17. The molecule has 1 fully saturated rings. The van der Waals surface area contributed by atoms with Crippen molar-refractivity contribution in [3.8, 4) is 0 Å². The first kappa shape index (κ1) is 32.0. The van der Waals surface area contributed by atoms with Gasteiger partial charge in [-0.2, -0.15) is 0 Å². The van der Waals surface area contributed by atoms with Gasteiger partial charge in [-0.05, 0) is 82.6 Å². The molecule has 8 nitrogen and oxygen atoms in total. The van der Waals surface area contributed by atoms with E-state index in [0.717, 1.165) is 12.0 Å². The molecule has 4 N–H and O–H groups in total. The maximum Gasteiger partial charge on any atom is 0.313 e. The van der Waals surface area contributed by atoms with E-state index in [1.807, 2.05) is 56.3 Å². The van der Waals surface area contributed by atoms with Crippen LogP contribution in [0.25, 0.3) is 0 Å². The Labute approximate surface area is 226 Å². The Balaban J connectivity index is 1.92. The van der Waals surface area contributed by atoms with Crippen LogP contribution in [-0.2, 0) is 25.5 Å². The van der Waals surface area contributed by atoms with Crippen molar-refractivity contribution in [2.24, 2.45) is 17.8 Å². The second-order valence-electron chi connectivity index (χ2n) is 10.6. The number of hydrogen-bond donors (Lipinski definition) is 4. The van der Waals surface area contributed by atoms with E-state index in [1.54, 1.807) is 0 Å². The van der Waals surface area contributed by atoms with E-state index >= 15 is 0 Å². The molecule has 0 spiro atoms. The van der Waals surface area contributed by atoms with E-state index in [0.29, 0.717) is 51.4 Å². The third-order valence-corrected chi connectivity index (χ3v) is 7.19. The lowest BCUT2D eigenvalue weighted by atomic mass is 9.85. The quantitative estimate of drug-likeness (QED) is 0.136. The predicted octanol–water partition coefficient (Wildman–Crippen LogP) is 3.34. The van der Waals surface area contributed by atoms with Gasteiger partial charge in [-0.1, -0.05) is 42.5 Å². The molecule has 0 amide bonds. The first-order chi connectivity index (χ1) is 18.2. The smallest absolute Gasteiger partial charge is 0.313 e. The number of benzene rings is 1. The second-order valence-corrected chi connectivity index (χ2v) is 10.6. The third-order valence-electron chi connectivity index (χ3n) is 7.19. The van der Waals surface area contributed by atoms with Gasteiger partial charge in [-0.15, -0.1) is 0 Å². The Morgan fingerprint density at radius 1 is 0.974 bits per heavy atom. The molecule has 1 aromatic rings. The molecular weight excluding hydrogens is 488 g/mol. The van der Waals surface area contributed by atoms with Gasteiger partial charge in [0.15, 0.2) is 0 Å². The fourth-order valence-corrected chi connectivity index (χ4v) is 5.04. The minimum Gasteiger partial charge on any atom is -0.463 e. The summed E-state index contributed by atoms with van der Waals surface area (Å²) < 4.78 is 10.8. The Bertz CT molecular complexity index is 836. The van der Waals surface area contributed by atoms with Crippen LogP contribution in [0.1, 0.15) is 70.8 Å². The molecule has 0 bridgehead atoms. The number of aliphatic hydroxyl groups is 4. The van der Waals surface area contributed by atoms with Crippen LogP contribution < -0.4 is 0 Å². The molecule has 1 aliphatic carbocycles. The molecule has 38 heavy (non-hydrogen) atoms. The van der Waals surface area contributed by atoms with Crippen LogP contribution in [0.4, 0.5) is 0 Å². The minimum atomic E-state index is -0.974. The number of allylic oxidation sites excluding steroid dienone is 2. The van der Waals surface area contributed by atoms with Crippen molar-refractivity contribution in [2.75, 3.05) is 13.2 Å². The molecule has 0 saturated heterocycles. The number of unbranched alkanes of at least 4 members (excludes halogenated alkanes) is 1. The van der Waals surface area contributed by atoms with Gasteiger partial charge in [0.05, 0.1) is 31.5 Å². The summed E-state index contributed by atoms with van der Waals surface area (Å²) in [5.74, 6) is -2.05. The Morgan fingerprint density at radius 3 is 2.32 bits per heavy atom. The molecule has 0 radical (unpaired) electrons. The van der Waals surface area contributed by atoms with Gasteiger partial charge in [0.2, 0.25) is 0 Å². The van der Waals surface area contributed by atoms with Gasteiger partial charge in [0.1, 0.15) is 12.0 Å². The van der Waals surface area contributed by atoms with Gasteiger partial charge in [0, 0.05) is 6.42 Å². The van der Waals surface area contributed by atoms with E-state index in [-0.39, 0.29) is 23.9 Å². The van der Waals surface area contributed by atoms with Crippen LogP contribution in [-0.4, -0.2) is 70.0 Å². The molecular formula is C30H46O8. The maximum absolute atomic E-state index is 12.5. The minimum absolute atomic E-state index is 0.111. The van der Waals surface area contributed by atoms with E-state index in [1.165, 1.54) is 0 Å². The van der Waals surface area contributed by atoms with Crippen molar-refractivity contribution < 1.29 is 39.5 Å². The molecule has 1 aromatic carbocycles. The zero-order valence-corrected chi connectivity index (χ0v) is 22.8. The number of carbonyl (C=O) groups is 2. The van der Waals surface area contributed by atoms with Gasteiger partial charge < -0.3 is 29.9 Å². The first-order valence-electron chi connectivity index (χ1n) is 13.9. The summed E-state index contributed by atoms with van der Waals surface area (Å²) in [7, 11) is 0. The van der Waals surface area contributed by atoms with Crippen molar-refractivity contribution in [3.63, 3.8) is 0 Å². The highest BCUT2D eigenvalue weighted by atomic mass is 16.5. The van der Waals surface area contributed by atoms with E-state index in [9.17, 15) is 30.0 Å². The van der Waals surface area contributed by atoms with Gasteiger partial charge in [-0.25, -0.2) is 0 Å². The average molecular weight is 535 g/mol. The lowest BCUT2D eigenvalue weighted by molar-refractivity contribution is -0.158. The number of ether oxygens (including phenoxy) is 2. The highest BCUT2D eigenvalue weighted by molar-refractivity contribution is 5.72. The number of esters is 2. The van der Waals surface area contributed by atoms with E-state index in [2.05, 4.69) is 0 Å². The zero-order valence-electron chi connectivity index (χ0n) is 22.8. The monoisotopic (exact) mass is 534 g/mol. The summed E-state index contributed by atoms with van der Waals surface area (Å²) in [6.07, 6.45) is 7.31. The lowest BCUT2D eigenvalue weighted by Gasteiger charge is -2.26. The van der Waals surface area contributed by atoms with Crippen LogP contribution in [0, 0.1) is 17.8 Å². The molecule has 8 heteroatoms. The lowest BCUT2D eigenvalue weighted by Crippen LogP contribution is -2.30. The molecule has 1 saturated carbocycles. The molecule has 5 atom stereocenters. The summed E-state index contributed by atoms with van der Waals surface area (Å²) in [6.45, 7) is 2.68. The number of aliphatic hydroxyl groups excluding tert-OH is 4. The zero-order chi connectivity index (χ0) is 27.9. The van der Waals surface area contributed by atoms with Crippen molar-refractivity contribution in [2.45, 2.75) is 96.1 Å². The normalized spacial score (nSPS) is 22.3. The Hall–Kier alpha value is -2.26. The fraction of sp³-hybridized carbons (Fsp3) is 0.667. The highest BCUT2D eigenvalue weighted by Crippen LogP contribution is 2.39. The van der Waals surface area contributed by atoms with Crippen LogP contribution in [0.2, 0.25) is 0 Å². The van der Waals surface area contributed by atoms with Crippen LogP contribution >= 0.6 is 0 Å². The summed E-state index contributed by atoms with van der Waals surface area (Å²) in [5.41, 5.74) is 1.12. The summed E-state index contributed by atoms with van der Waals surface area (Å²) in [5, 5.41) is 40.0. The van der Waals surface area contributed by atoms with E-state index < -0.39 is 43.4 Å². The third kappa shape index (κ3) is 11.2. The molecule has 0 unspecified atom stereocenters. The van der Waals surface area contributed by atoms with Crippen molar-refractivity contribution >= 4 is 11.9 Å². The van der Waals surface area contributed by atoms with Crippen LogP contribution in [0.5, 0.6) is 0 Å². The fourth-order valence-electron chi connectivity index (χ4n) is 5.04. The largest absolute Gasteiger partial charge is 0.463 e. The van der Waals surface area contributed by atoms with Crippen LogP contribution in [0.15, 0.2) is 42.5 Å². The van der Waals surface area contributed by atoms with Crippen LogP contribution in [0.3, 0.4) is 0 Å². The van der Waals surface area contributed by atoms with Gasteiger partial charge >= 0.3 is 11.9 Å². The molecule has 214 valence electrons. The van der Waals surface area contributed by atoms with Crippen molar-refractivity contribution in [1.29, 1.82) is 0 Å². The Morgan fingerprint density at radius 2 is 1.66 bits per heavy atom. The maximum atomic E-state index is 12.5. The predicted molar refractivity (Wildman–Crippen MR) is 144 cm³/mol. The second kappa shape index (κ2) is 17.4. The number of carbonyl (C=O) groups excluding carboxylic acids is 2. The summed E-state index contributed by atoms with van der Waals surface area (Å²) in [6, 6.07) is 9.87. The Kier molecular flexibility index (Phi) is 14.6. The molecule has 0 heterocycles. The average Bonchev–Trinajstić information content (AvgIpc) is 3.15. The molecule has 1 aliphatic rings. The standard InChI is InChI=1S/C30H46O8/c1-21(2)37-29(35)13-9-4-3-8-12-25-26(28(34)18-27(25)33)17-16-24(38-30(36)23(19-31)20-32)15-14-22-10-6-5-7-11-22/h3,5-8,10-11,21,23-28,31-34H,4,9,12-20H2,1-2H3/t24-,25+,26+,27-,28+/m0/s1. The number of hydrogen-bond acceptors (Lipinski definition) is 8. The van der Waals surface area contributed by atoms with Gasteiger partial charge in [-0.3, -0.25) is 9.59 Å². The topological polar surface area (TPSA) is 134 Å².